The number of aliphatic hydroxyl groups is 1. The van der Waals surface area contributed by atoms with E-state index in [1.165, 1.54) is 15.1 Å². The van der Waals surface area contributed by atoms with Gasteiger partial charge in [-0.15, -0.1) is 5.10 Å². The number of aromatic nitrogens is 2. The van der Waals surface area contributed by atoms with Gasteiger partial charge in [-0.1, -0.05) is 30.0 Å². The second kappa shape index (κ2) is 6.58. The lowest BCUT2D eigenvalue weighted by Crippen LogP contribution is -2.03. The van der Waals surface area contributed by atoms with Crippen molar-refractivity contribution in [1.29, 1.82) is 0 Å². The summed E-state index contributed by atoms with van der Waals surface area (Å²) >= 11 is 3.58. The minimum atomic E-state index is -0.494. The molecule has 1 heterocycles. The monoisotopic (exact) mass is 374 g/mol. The zero-order valence-electron chi connectivity index (χ0n) is 10.1. The van der Waals surface area contributed by atoms with Crippen molar-refractivity contribution in [2.45, 2.75) is 32.3 Å². The third-order valence-corrected chi connectivity index (χ3v) is 4.30. The Hall–Kier alpha value is -0.530. The first kappa shape index (κ1) is 13.9. The second-order valence-corrected chi connectivity index (χ2v) is 6.21. The van der Waals surface area contributed by atoms with Crippen LogP contribution in [0.2, 0.25) is 0 Å². The standard InChI is InChI=1S/C13H15IN2OS/c1-2-3-11-13(18-16-15-11)12(17)8-9-4-6-10(14)7-5-9/h4-7,12,17H,2-3,8H2,1H3. The smallest absolute Gasteiger partial charge is 0.0957 e. The van der Waals surface area contributed by atoms with Crippen molar-refractivity contribution in [3.63, 3.8) is 0 Å². The Labute approximate surface area is 125 Å². The quantitative estimate of drug-likeness (QED) is 0.817. The highest BCUT2D eigenvalue weighted by Gasteiger charge is 2.16. The number of aliphatic hydroxyl groups excluding tert-OH is 1. The predicted octanol–water partition coefficient (Wildman–Crippen LogP) is 3.37. The molecule has 1 unspecified atom stereocenters. The van der Waals surface area contributed by atoms with Gasteiger partial charge in [-0.2, -0.15) is 0 Å². The van der Waals surface area contributed by atoms with Crippen LogP contribution in [-0.4, -0.2) is 14.7 Å². The van der Waals surface area contributed by atoms with Crippen LogP contribution in [0.4, 0.5) is 0 Å². The van der Waals surface area contributed by atoms with E-state index < -0.39 is 6.10 Å². The highest BCUT2D eigenvalue weighted by molar-refractivity contribution is 14.1. The van der Waals surface area contributed by atoms with E-state index in [1.807, 2.05) is 0 Å². The number of nitrogens with zero attached hydrogens (tertiary/aromatic N) is 2. The highest BCUT2D eigenvalue weighted by Crippen LogP contribution is 2.25. The summed E-state index contributed by atoms with van der Waals surface area (Å²) in [5.41, 5.74) is 2.08. The van der Waals surface area contributed by atoms with Crippen LogP contribution in [0.3, 0.4) is 0 Å². The minimum absolute atomic E-state index is 0.494. The fraction of sp³-hybridized carbons (Fsp3) is 0.385. The van der Waals surface area contributed by atoms with Gasteiger partial charge in [0.1, 0.15) is 0 Å². The first-order valence-electron chi connectivity index (χ1n) is 5.94. The maximum atomic E-state index is 10.3. The Bertz CT molecular complexity index is 498. The Morgan fingerprint density at radius 2 is 2.06 bits per heavy atom. The third-order valence-electron chi connectivity index (χ3n) is 2.72. The number of aryl methyl sites for hydroxylation is 1. The maximum absolute atomic E-state index is 10.3. The van der Waals surface area contributed by atoms with Gasteiger partial charge in [0.15, 0.2) is 0 Å². The summed E-state index contributed by atoms with van der Waals surface area (Å²) in [7, 11) is 0. The van der Waals surface area contributed by atoms with Crippen molar-refractivity contribution in [3.05, 3.63) is 44.0 Å². The van der Waals surface area contributed by atoms with Crippen molar-refractivity contribution in [2.75, 3.05) is 0 Å². The number of hydrogen-bond acceptors (Lipinski definition) is 4. The van der Waals surface area contributed by atoms with E-state index in [4.69, 9.17) is 0 Å². The minimum Gasteiger partial charge on any atom is -0.387 e. The molecule has 0 radical (unpaired) electrons. The van der Waals surface area contributed by atoms with E-state index in [2.05, 4.69) is 63.4 Å². The molecule has 0 aliphatic rings. The molecular formula is C13H15IN2OS. The summed E-state index contributed by atoms with van der Waals surface area (Å²) in [6.45, 7) is 2.11. The molecule has 1 atom stereocenters. The molecule has 0 bridgehead atoms. The fourth-order valence-electron chi connectivity index (χ4n) is 1.82. The molecule has 5 heteroatoms. The lowest BCUT2D eigenvalue weighted by molar-refractivity contribution is 0.181. The average Bonchev–Trinajstić information content (AvgIpc) is 2.81. The first-order chi connectivity index (χ1) is 8.70. The average molecular weight is 374 g/mol. The number of hydrogen-bond donors (Lipinski definition) is 1. The molecule has 0 saturated carbocycles. The SMILES string of the molecule is CCCc1nnsc1C(O)Cc1ccc(I)cc1. The molecule has 3 nitrogen and oxygen atoms in total. The Balaban J connectivity index is 2.09. The van der Waals surface area contributed by atoms with E-state index in [-0.39, 0.29) is 0 Å². The molecule has 0 saturated heterocycles. The molecule has 1 aromatic carbocycles. The number of halogens is 1. The van der Waals surface area contributed by atoms with Gasteiger partial charge in [0.25, 0.3) is 0 Å². The summed E-state index contributed by atoms with van der Waals surface area (Å²) in [5.74, 6) is 0. The lowest BCUT2D eigenvalue weighted by atomic mass is 10.1. The second-order valence-electron chi connectivity index (χ2n) is 4.18. The van der Waals surface area contributed by atoms with Gasteiger partial charge in [0.05, 0.1) is 16.7 Å². The molecule has 0 aliphatic carbocycles. The largest absolute Gasteiger partial charge is 0.387 e. The molecule has 1 N–H and O–H groups in total. The van der Waals surface area contributed by atoms with Gasteiger partial charge in [0, 0.05) is 9.99 Å². The van der Waals surface area contributed by atoms with Crippen LogP contribution >= 0.6 is 34.1 Å². The van der Waals surface area contributed by atoms with Gasteiger partial charge in [-0.05, 0) is 58.2 Å². The lowest BCUT2D eigenvalue weighted by Gasteiger charge is -2.09. The van der Waals surface area contributed by atoms with Crippen molar-refractivity contribution in [2.24, 2.45) is 0 Å². The molecule has 0 aliphatic heterocycles. The number of benzene rings is 1. The molecule has 2 aromatic rings. The normalized spacial score (nSPS) is 12.6. The molecule has 18 heavy (non-hydrogen) atoms. The Morgan fingerprint density at radius 3 is 2.72 bits per heavy atom. The molecule has 96 valence electrons. The molecular weight excluding hydrogens is 359 g/mol. The topological polar surface area (TPSA) is 46.0 Å². The van der Waals surface area contributed by atoms with E-state index in [0.29, 0.717) is 6.42 Å². The van der Waals surface area contributed by atoms with Gasteiger partial charge in [-0.25, -0.2) is 0 Å². The van der Waals surface area contributed by atoms with E-state index in [0.717, 1.165) is 29.0 Å². The summed E-state index contributed by atoms with van der Waals surface area (Å²) in [5, 5.41) is 14.4. The van der Waals surface area contributed by atoms with E-state index in [9.17, 15) is 5.11 Å². The summed E-state index contributed by atoms with van der Waals surface area (Å²) in [6, 6.07) is 8.22. The summed E-state index contributed by atoms with van der Waals surface area (Å²) < 4.78 is 5.15. The van der Waals surface area contributed by atoms with Crippen LogP contribution < -0.4 is 0 Å². The Morgan fingerprint density at radius 1 is 1.33 bits per heavy atom. The highest BCUT2D eigenvalue weighted by atomic mass is 127. The summed E-state index contributed by atoms with van der Waals surface area (Å²) in [6.07, 6.45) is 2.04. The van der Waals surface area contributed by atoms with E-state index in [1.54, 1.807) is 0 Å². The van der Waals surface area contributed by atoms with Crippen molar-refractivity contribution < 1.29 is 5.11 Å². The zero-order chi connectivity index (χ0) is 13.0. The molecule has 1 aromatic heterocycles. The van der Waals surface area contributed by atoms with Crippen LogP contribution in [-0.2, 0) is 12.8 Å². The van der Waals surface area contributed by atoms with Gasteiger partial charge in [-0.3, -0.25) is 0 Å². The molecule has 0 amide bonds. The van der Waals surface area contributed by atoms with Crippen LogP contribution in [0, 0.1) is 3.57 Å². The van der Waals surface area contributed by atoms with Crippen LogP contribution in [0.1, 0.15) is 35.6 Å². The van der Waals surface area contributed by atoms with Gasteiger partial charge in [0.2, 0.25) is 0 Å². The zero-order valence-corrected chi connectivity index (χ0v) is 13.1. The molecule has 0 spiro atoms. The maximum Gasteiger partial charge on any atom is 0.0957 e. The Kier molecular flexibility index (Phi) is 5.08. The number of rotatable bonds is 5. The predicted molar refractivity (Wildman–Crippen MR) is 81.7 cm³/mol. The van der Waals surface area contributed by atoms with Gasteiger partial charge < -0.3 is 5.11 Å². The first-order valence-corrected chi connectivity index (χ1v) is 7.79. The van der Waals surface area contributed by atoms with Crippen LogP contribution in [0.5, 0.6) is 0 Å². The third kappa shape index (κ3) is 3.49. The fourth-order valence-corrected chi connectivity index (χ4v) is 2.86. The van der Waals surface area contributed by atoms with Crippen LogP contribution in [0.25, 0.3) is 0 Å². The molecule has 2 rings (SSSR count). The van der Waals surface area contributed by atoms with E-state index >= 15 is 0 Å². The van der Waals surface area contributed by atoms with Crippen molar-refractivity contribution in [1.82, 2.24) is 9.59 Å². The van der Waals surface area contributed by atoms with Gasteiger partial charge >= 0.3 is 0 Å². The summed E-state index contributed by atoms with van der Waals surface area (Å²) in [4.78, 5) is 0.912. The van der Waals surface area contributed by atoms with Crippen molar-refractivity contribution in [3.8, 4) is 0 Å². The molecule has 0 fully saturated rings. The van der Waals surface area contributed by atoms with Crippen molar-refractivity contribution >= 4 is 34.1 Å². The van der Waals surface area contributed by atoms with Crippen LogP contribution in [0.15, 0.2) is 24.3 Å².